The molecule has 8 fully saturated rings. The van der Waals surface area contributed by atoms with Crippen LogP contribution in [0.1, 0.15) is 87.2 Å². The molecule has 298 valence electrons. The number of benzene rings is 8. The second-order valence-electron chi connectivity index (χ2n) is 21.2. The van der Waals surface area contributed by atoms with Gasteiger partial charge >= 0.3 is 0 Å². The van der Waals surface area contributed by atoms with Crippen LogP contribution in [-0.2, 0) is 0 Å². The van der Waals surface area contributed by atoms with Crippen LogP contribution in [0.2, 0.25) is 0 Å². The first-order valence-corrected chi connectivity index (χ1v) is 24.8. The zero-order valence-corrected chi connectivity index (χ0v) is 35.8. The highest BCUT2D eigenvalue weighted by molar-refractivity contribution is 7.26. The van der Waals surface area contributed by atoms with Crippen molar-refractivity contribution in [1.82, 2.24) is 0 Å². The molecule has 8 aromatic carbocycles. The molecule has 61 heavy (non-hydrogen) atoms. The van der Waals surface area contributed by atoms with E-state index in [4.69, 9.17) is 0 Å². The normalized spacial score (nSPS) is 30.0. The fraction of sp³-hybridized carbons (Fsp3) is 0.333. The topological polar surface area (TPSA) is 0 Å². The van der Waals surface area contributed by atoms with Crippen LogP contribution >= 0.6 is 11.3 Å². The van der Waals surface area contributed by atoms with Crippen LogP contribution in [-0.4, -0.2) is 0 Å². The fourth-order valence-electron chi connectivity index (χ4n) is 16.6. The Morgan fingerprint density at radius 3 is 1.16 bits per heavy atom. The number of rotatable bonds is 4. The van der Waals surface area contributed by atoms with E-state index in [2.05, 4.69) is 133 Å². The summed E-state index contributed by atoms with van der Waals surface area (Å²) in [5, 5.41) is 14.5. The van der Waals surface area contributed by atoms with Crippen LogP contribution in [0.15, 0.2) is 133 Å². The van der Waals surface area contributed by atoms with E-state index in [1.54, 1.807) is 11.1 Å². The summed E-state index contributed by atoms with van der Waals surface area (Å²) in [5.41, 5.74) is 8.91. The van der Waals surface area contributed by atoms with Crippen molar-refractivity contribution in [3.63, 3.8) is 0 Å². The van der Waals surface area contributed by atoms with E-state index in [1.807, 2.05) is 11.3 Å². The van der Waals surface area contributed by atoms with Gasteiger partial charge in [0.2, 0.25) is 0 Å². The van der Waals surface area contributed by atoms with E-state index in [0.717, 1.165) is 47.3 Å². The monoisotopic (exact) mass is 804 g/mol. The molecule has 0 unspecified atom stereocenters. The van der Waals surface area contributed by atoms with Gasteiger partial charge in [-0.1, -0.05) is 121 Å². The standard InChI is InChI=1S/C60H52S/c1-5-14-46-42(10-1)56(43-11-2-6-15-47(43)58(46)54-38-24-33-22-34(26-38)27-39(54)25-33)37-20-21-53-52(32-37)50-18-9-19-51(60(50)61-53)57-44-12-3-7-16-48(44)59(49-17-8-4-13-45(49)57)55-40-28-35-23-36(30-40)31-41(55)29-35/h1-21,32-36,38-41,54-55H,22-31H2. The molecule has 0 saturated heterocycles. The van der Waals surface area contributed by atoms with Crippen LogP contribution in [0.5, 0.6) is 0 Å². The number of thiophene rings is 1. The lowest BCUT2D eigenvalue weighted by Gasteiger charge is -2.55. The molecule has 0 amide bonds. The van der Waals surface area contributed by atoms with E-state index in [1.165, 1.54) is 150 Å². The van der Waals surface area contributed by atoms with Gasteiger partial charge in [0.15, 0.2) is 0 Å². The van der Waals surface area contributed by atoms with Crippen LogP contribution in [0, 0.1) is 47.3 Å². The highest BCUT2D eigenvalue weighted by atomic mass is 32.1. The van der Waals surface area contributed by atoms with Gasteiger partial charge in [-0.25, -0.2) is 0 Å². The summed E-state index contributed by atoms with van der Waals surface area (Å²) < 4.78 is 2.79. The van der Waals surface area contributed by atoms with Crippen molar-refractivity contribution >= 4 is 74.6 Å². The summed E-state index contributed by atoms with van der Waals surface area (Å²) in [4.78, 5) is 0. The third-order valence-corrected chi connectivity index (χ3v) is 19.3. The largest absolute Gasteiger partial charge is 0.135 e. The molecule has 0 nitrogen and oxygen atoms in total. The Kier molecular flexibility index (Phi) is 7.26. The zero-order chi connectivity index (χ0) is 39.5. The highest BCUT2D eigenvalue weighted by Gasteiger charge is 2.51. The van der Waals surface area contributed by atoms with Crippen molar-refractivity contribution in [2.75, 3.05) is 0 Å². The lowest BCUT2D eigenvalue weighted by molar-refractivity contribution is -0.00191. The second kappa shape index (κ2) is 12.8. The van der Waals surface area contributed by atoms with E-state index < -0.39 is 0 Å². The highest BCUT2D eigenvalue weighted by Crippen LogP contribution is 2.63. The molecular weight excluding hydrogens is 753 g/mol. The lowest BCUT2D eigenvalue weighted by atomic mass is 9.50. The van der Waals surface area contributed by atoms with Crippen molar-refractivity contribution in [2.24, 2.45) is 47.3 Å². The minimum Gasteiger partial charge on any atom is -0.135 e. The summed E-state index contributed by atoms with van der Waals surface area (Å²) in [5.74, 6) is 8.67. The predicted molar refractivity (Wildman–Crippen MR) is 260 cm³/mol. The van der Waals surface area contributed by atoms with Crippen LogP contribution in [0.25, 0.3) is 85.5 Å². The van der Waals surface area contributed by atoms with E-state index in [9.17, 15) is 0 Å². The summed E-state index contributed by atoms with van der Waals surface area (Å²) in [7, 11) is 0. The molecule has 1 heteroatoms. The second-order valence-corrected chi connectivity index (χ2v) is 22.2. The Morgan fingerprint density at radius 2 is 0.721 bits per heavy atom. The first-order valence-electron chi connectivity index (χ1n) is 24.0. The molecule has 8 aliphatic rings. The quantitative estimate of drug-likeness (QED) is 0.155. The van der Waals surface area contributed by atoms with Crippen LogP contribution in [0.4, 0.5) is 0 Å². The van der Waals surface area contributed by atoms with Crippen molar-refractivity contribution in [1.29, 1.82) is 0 Å². The molecule has 1 aromatic heterocycles. The molecule has 0 radical (unpaired) electrons. The Bertz CT molecular complexity index is 3140. The van der Waals surface area contributed by atoms with Gasteiger partial charge in [-0.2, -0.15) is 0 Å². The van der Waals surface area contributed by atoms with Gasteiger partial charge in [0.05, 0.1) is 0 Å². The molecule has 9 aromatic rings. The van der Waals surface area contributed by atoms with Crippen molar-refractivity contribution in [2.45, 2.75) is 76.0 Å². The Morgan fingerprint density at radius 1 is 0.328 bits per heavy atom. The fourth-order valence-corrected chi connectivity index (χ4v) is 17.8. The van der Waals surface area contributed by atoms with Crippen molar-refractivity contribution in [3.8, 4) is 22.3 Å². The first kappa shape index (κ1) is 34.6. The zero-order valence-electron chi connectivity index (χ0n) is 35.0. The molecule has 0 N–H and O–H groups in total. The number of hydrogen-bond donors (Lipinski definition) is 0. The lowest BCUT2D eigenvalue weighted by Crippen LogP contribution is -2.43. The number of hydrogen-bond acceptors (Lipinski definition) is 1. The van der Waals surface area contributed by atoms with Gasteiger partial charge in [-0.05, 0) is 206 Å². The summed E-state index contributed by atoms with van der Waals surface area (Å²) >= 11 is 2.00. The Labute approximate surface area is 363 Å². The van der Waals surface area contributed by atoms with Crippen LogP contribution < -0.4 is 0 Å². The molecule has 0 atom stereocenters. The molecular formula is C60H52S. The molecule has 0 spiro atoms. The average Bonchev–Trinajstić information content (AvgIpc) is 3.66. The van der Waals surface area contributed by atoms with Gasteiger partial charge in [0.25, 0.3) is 0 Å². The minimum absolute atomic E-state index is 0.685. The molecule has 1 heterocycles. The smallest absolute Gasteiger partial charge is 0.0434 e. The Balaban J connectivity index is 0.926. The van der Waals surface area contributed by atoms with E-state index >= 15 is 0 Å². The third kappa shape index (κ3) is 4.88. The van der Waals surface area contributed by atoms with Crippen molar-refractivity contribution < 1.29 is 0 Å². The van der Waals surface area contributed by atoms with Gasteiger partial charge < -0.3 is 0 Å². The SMILES string of the molecule is c1ccc2c(C3C4CC5CC(C4)CC3C5)c3ccccc3c(-c3ccc4sc5c(-c6c7ccccc7c(C7C8CC9CC(C8)CC7C9)c7ccccc67)cccc5c4c3)c2c1. The molecule has 8 bridgehead atoms. The molecule has 8 saturated carbocycles. The summed E-state index contributed by atoms with van der Waals surface area (Å²) in [6.45, 7) is 0. The van der Waals surface area contributed by atoms with Gasteiger partial charge in [0.1, 0.15) is 0 Å². The minimum atomic E-state index is 0.685. The van der Waals surface area contributed by atoms with Gasteiger partial charge in [-0.15, -0.1) is 11.3 Å². The predicted octanol–water partition coefficient (Wildman–Crippen LogP) is 17.1. The first-order chi connectivity index (χ1) is 30.2. The average molecular weight is 805 g/mol. The van der Waals surface area contributed by atoms with Gasteiger partial charge in [-0.3, -0.25) is 0 Å². The van der Waals surface area contributed by atoms with E-state index in [-0.39, 0.29) is 0 Å². The maximum Gasteiger partial charge on any atom is 0.0434 e. The molecule has 17 rings (SSSR count). The summed E-state index contributed by atoms with van der Waals surface area (Å²) in [6, 6.07) is 52.7. The van der Waals surface area contributed by atoms with Gasteiger partial charge in [0, 0.05) is 25.7 Å². The molecule has 0 aliphatic heterocycles. The molecule has 8 aliphatic carbocycles. The van der Waals surface area contributed by atoms with Crippen LogP contribution in [0.3, 0.4) is 0 Å². The van der Waals surface area contributed by atoms with Crippen molar-refractivity contribution in [3.05, 3.63) is 145 Å². The Hall–Kier alpha value is -4.98. The maximum absolute atomic E-state index is 2.56. The van der Waals surface area contributed by atoms with E-state index in [0.29, 0.717) is 11.8 Å². The number of fused-ring (bicyclic) bond motifs is 7. The maximum atomic E-state index is 2.56. The third-order valence-electron chi connectivity index (χ3n) is 18.1. The summed E-state index contributed by atoms with van der Waals surface area (Å²) in [6.07, 6.45) is 14.6.